The van der Waals surface area contributed by atoms with Gasteiger partial charge in [0.2, 0.25) is 0 Å². The first-order valence-electron chi connectivity index (χ1n) is 6.64. The van der Waals surface area contributed by atoms with E-state index in [9.17, 15) is 0 Å². The number of unbranched alkanes of at least 4 members (excludes halogenated alkanes) is 3. The molecule has 0 saturated carbocycles. The second kappa shape index (κ2) is 8.54. The lowest BCUT2D eigenvalue weighted by Crippen LogP contribution is -2.15. The lowest BCUT2D eigenvalue weighted by atomic mass is 10.2. The summed E-state index contributed by atoms with van der Waals surface area (Å²) in [4.78, 5) is 0. The van der Waals surface area contributed by atoms with Gasteiger partial charge in [-0.1, -0.05) is 31.4 Å². The molecule has 0 aliphatic carbocycles. The van der Waals surface area contributed by atoms with Crippen LogP contribution in [0.2, 0.25) is 5.02 Å². The van der Waals surface area contributed by atoms with Crippen LogP contribution in [-0.4, -0.2) is 22.9 Å². The number of aryl methyl sites for hydroxylation is 2. The van der Waals surface area contributed by atoms with Crippen LogP contribution in [0.15, 0.2) is 6.20 Å². The Morgan fingerprint density at radius 2 is 2.00 bits per heavy atom. The summed E-state index contributed by atoms with van der Waals surface area (Å²) in [7, 11) is 0. The Hall–Kier alpha value is -0.540. The number of aromatic nitrogens is 2. The summed E-state index contributed by atoms with van der Waals surface area (Å²) < 4.78 is 1.95. The van der Waals surface area contributed by atoms with Gasteiger partial charge in [-0.2, -0.15) is 5.10 Å². The van der Waals surface area contributed by atoms with E-state index in [-0.39, 0.29) is 0 Å². The molecule has 17 heavy (non-hydrogen) atoms. The van der Waals surface area contributed by atoms with Crippen LogP contribution in [-0.2, 0) is 6.54 Å². The summed E-state index contributed by atoms with van der Waals surface area (Å²) in [5.41, 5.74) is 0.926. The summed E-state index contributed by atoms with van der Waals surface area (Å²) in [6.45, 7) is 7.42. The van der Waals surface area contributed by atoms with Crippen molar-refractivity contribution < 1.29 is 0 Å². The van der Waals surface area contributed by atoms with Crippen molar-refractivity contribution in [3.05, 3.63) is 16.9 Å². The molecule has 1 N–H and O–H groups in total. The van der Waals surface area contributed by atoms with Crippen LogP contribution in [0, 0.1) is 6.92 Å². The molecular weight excluding hydrogens is 234 g/mol. The quantitative estimate of drug-likeness (QED) is 0.687. The van der Waals surface area contributed by atoms with Gasteiger partial charge < -0.3 is 5.32 Å². The number of rotatable bonds is 9. The number of nitrogens with one attached hydrogen (secondary N) is 1. The van der Waals surface area contributed by atoms with Crippen LogP contribution < -0.4 is 5.32 Å². The smallest absolute Gasteiger partial charge is 0.0814 e. The zero-order valence-corrected chi connectivity index (χ0v) is 11.8. The van der Waals surface area contributed by atoms with E-state index in [0.717, 1.165) is 30.4 Å². The van der Waals surface area contributed by atoms with E-state index in [1.54, 1.807) is 0 Å². The van der Waals surface area contributed by atoms with Crippen molar-refractivity contribution in [2.24, 2.45) is 0 Å². The molecule has 1 heterocycles. The van der Waals surface area contributed by atoms with Gasteiger partial charge in [-0.15, -0.1) is 0 Å². The summed E-state index contributed by atoms with van der Waals surface area (Å²) in [6, 6.07) is 0. The fourth-order valence-electron chi connectivity index (χ4n) is 1.79. The molecule has 1 aromatic rings. The first-order valence-corrected chi connectivity index (χ1v) is 7.02. The van der Waals surface area contributed by atoms with Gasteiger partial charge >= 0.3 is 0 Å². The van der Waals surface area contributed by atoms with Gasteiger partial charge in [-0.3, -0.25) is 4.68 Å². The van der Waals surface area contributed by atoms with Crippen molar-refractivity contribution in [1.82, 2.24) is 15.1 Å². The van der Waals surface area contributed by atoms with E-state index in [1.807, 2.05) is 17.8 Å². The van der Waals surface area contributed by atoms with Crippen LogP contribution in [0.1, 0.15) is 44.7 Å². The third-order valence-corrected chi connectivity index (χ3v) is 3.18. The maximum atomic E-state index is 5.95. The standard InChI is InChI=1S/C13H24ClN3/c1-3-8-15-9-6-4-5-7-10-17-11-13(14)12(2)16-17/h11,15H,3-10H2,1-2H3. The Kier molecular flexibility index (Phi) is 7.29. The number of hydrogen-bond acceptors (Lipinski definition) is 2. The molecule has 0 aliphatic rings. The Balaban J connectivity index is 1.97. The molecule has 0 fully saturated rings. The molecule has 0 aromatic carbocycles. The Morgan fingerprint density at radius 1 is 1.24 bits per heavy atom. The molecule has 0 amide bonds. The summed E-state index contributed by atoms with van der Waals surface area (Å²) in [5, 5.41) is 8.53. The van der Waals surface area contributed by atoms with Crippen LogP contribution in [0.25, 0.3) is 0 Å². The van der Waals surface area contributed by atoms with Crippen molar-refractivity contribution in [3.8, 4) is 0 Å². The molecule has 4 heteroatoms. The lowest BCUT2D eigenvalue weighted by molar-refractivity contribution is 0.523. The minimum absolute atomic E-state index is 0.772. The molecule has 0 radical (unpaired) electrons. The van der Waals surface area contributed by atoms with E-state index >= 15 is 0 Å². The third-order valence-electron chi connectivity index (χ3n) is 2.80. The van der Waals surface area contributed by atoms with Gasteiger partial charge in [0.15, 0.2) is 0 Å². The second-order valence-electron chi connectivity index (χ2n) is 4.49. The predicted molar refractivity (Wildman–Crippen MR) is 73.6 cm³/mol. The monoisotopic (exact) mass is 257 g/mol. The predicted octanol–water partition coefficient (Wildman–Crippen LogP) is 3.40. The zero-order valence-electron chi connectivity index (χ0n) is 11.0. The maximum Gasteiger partial charge on any atom is 0.0814 e. The molecule has 0 saturated heterocycles. The third kappa shape index (κ3) is 6.08. The topological polar surface area (TPSA) is 29.9 Å². The highest BCUT2D eigenvalue weighted by Crippen LogP contribution is 2.12. The molecule has 98 valence electrons. The SMILES string of the molecule is CCCNCCCCCCn1cc(Cl)c(C)n1. The minimum Gasteiger partial charge on any atom is -0.317 e. The van der Waals surface area contributed by atoms with E-state index in [4.69, 9.17) is 11.6 Å². The van der Waals surface area contributed by atoms with E-state index in [0.29, 0.717) is 0 Å². The zero-order chi connectivity index (χ0) is 12.5. The number of halogens is 1. The minimum atomic E-state index is 0.772. The normalized spacial score (nSPS) is 11.0. The summed E-state index contributed by atoms with van der Waals surface area (Å²) in [6.07, 6.45) is 8.16. The van der Waals surface area contributed by atoms with Crippen molar-refractivity contribution in [3.63, 3.8) is 0 Å². The second-order valence-corrected chi connectivity index (χ2v) is 4.90. The lowest BCUT2D eigenvalue weighted by Gasteiger charge is -2.03. The maximum absolute atomic E-state index is 5.95. The number of hydrogen-bond donors (Lipinski definition) is 1. The molecule has 0 bridgehead atoms. The van der Waals surface area contributed by atoms with Gasteiger partial charge in [-0.25, -0.2) is 0 Å². The molecule has 0 aliphatic heterocycles. The highest BCUT2D eigenvalue weighted by Gasteiger charge is 2.00. The molecular formula is C13H24ClN3. The van der Waals surface area contributed by atoms with E-state index in [1.165, 1.54) is 32.1 Å². The largest absolute Gasteiger partial charge is 0.317 e. The summed E-state index contributed by atoms with van der Waals surface area (Å²) in [5.74, 6) is 0. The highest BCUT2D eigenvalue weighted by atomic mass is 35.5. The van der Waals surface area contributed by atoms with Crippen molar-refractivity contribution in [2.45, 2.75) is 52.5 Å². The Labute approximate surface area is 110 Å². The van der Waals surface area contributed by atoms with Gasteiger partial charge in [0, 0.05) is 12.7 Å². The van der Waals surface area contributed by atoms with Crippen LogP contribution >= 0.6 is 11.6 Å². The average molecular weight is 258 g/mol. The Bertz CT molecular complexity index is 290. The number of nitrogens with zero attached hydrogens (tertiary/aromatic N) is 2. The van der Waals surface area contributed by atoms with Crippen molar-refractivity contribution >= 4 is 11.6 Å². The van der Waals surface area contributed by atoms with Crippen LogP contribution in [0.3, 0.4) is 0 Å². The first kappa shape index (κ1) is 14.5. The molecule has 0 atom stereocenters. The van der Waals surface area contributed by atoms with E-state index in [2.05, 4.69) is 17.3 Å². The highest BCUT2D eigenvalue weighted by molar-refractivity contribution is 6.31. The average Bonchev–Trinajstić information content (AvgIpc) is 2.62. The molecule has 3 nitrogen and oxygen atoms in total. The van der Waals surface area contributed by atoms with Crippen LogP contribution in [0.5, 0.6) is 0 Å². The van der Waals surface area contributed by atoms with Gasteiger partial charge in [0.05, 0.1) is 10.7 Å². The molecule has 0 spiro atoms. The molecule has 1 rings (SSSR count). The summed E-state index contributed by atoms with van der Waals surface area (Å²) >= 11 is 5.95. The van der Waals surface area contributed by atoms with E-state index < -0.39 is 0 Å². The Morgan fingerprint density at radius 3 is 2.65 bits per heavy atom. The van der Waals surface area contributed by atoms with Crippen LogP contribution in [0.4, 0.5) is 0 Å². The fraction of sp³-hybridized carbons (Fsp3) is 0.769. The van der Waals surface area contributed by atoms with Gasteiger partial charge in [0.1, 0.15) is 0 Å². The fourth-order valence-corrected chi connectivity index (χ4v) is 1.94. The van der Waals surface area contributed by atoms with Gasteiger partial charge in [0.25, 0.3) is 0 Å². The molecule has 1 aromatic heterocycles. The van der Waals surface area contributed by atoms with Crippen molar-refractivity contribution in [1.29, 1.82) is 0 Å². The van der Waals surface area contributed by atoms with Gasteiger partial charge in [-0.05, 0) is 39.3 Å². The molecule has 0 unspecified atom stereocenters. The first-order chi connectivity index (χ1) is 8.24. The van der Waals surface area contributed by atoms with Crippen molar-refractivity contribution in [2.75, 3.05) is 13.1 Å².